The number of hydrogen-bond donors (Lipinski definition) is 4. The van der Waals surface area contributed by atoms with Gasteiger partial charge in [0.15, 0.2) is 0 Å². The Bertz CT molecular complexity index is 1350. The number of hydrogen-bond acceptors (Lipinski definition) is 7. The molecule has 4 N–H and O–H groups in total. The van der Waals surface area contributed by atoms with Gasteiger partial charge >= 0.3 is 6.03 Å². The van der Waals surface area contributed by atoms with Crippen molar-refractivity contribution in [3.63, 3.8) is 0 Å². The molecule has 13 nitrogen and oxygen atoms in total. The van der Waals surface area contributed by atoms with Gasteiger partial charge in [-0.15, -0.1) is 0 Å². The van der Waals surface area contributed by atoms with E-state index >= 15 is 0 Å². The SMILES string of the molecule is C=C(C)[C@@H]1C[C@@H](C(=O)N[C@@H](CCC)C(=O)C(=O)NC2CC2)N(C(=O)[C@@H](NC(=O)N[C@H](CN2C(=O)CC(C)(C)CC2=O)C(C)(C)C)C(C)(C)C)C1. The van der Waals surface area contributed by atoms with Crippen LogP contribution in [0.4, 0.5) is 4.79 Å². The van der Waals surface area contributed by atoms with Crippen LogP contribution < -0.4 is 21.3 Å². The Morgan fingerprint density at radius 2 is 1.50 bits per heavy atom. The summed E-state index contributed by atoms with van der Waals surface area (Å²) in [7, 11) is 0. The third-order valence-electron chi connectivity index (χ3n) is 9.90. The van der Waals surface area contributed by atoms with E-state index in [1.54, 1.807) is 20.8 Å². The molecular weight excluding hydrogens is 640 g/mol. The van der Waals surface area contributed by atoms with Gasteiger partial charge in [-0.25, -0.2) is 4.79 Å². The highest BCUT2D eigenvalue weighted by Gasteiger charge is 2.46. The van der Waals surface area contributed by atoms with E-state index in [0.29, 0.717) is 6.42 Å². The van der Waals surface area contributed by atoms with Crippen LogP contribution in [0.25, 0.3) is 0 Å². The molecule has 0 spiro atoms. The molecule has 0 radical (unpaired) electrons. The van der Waals surface area contributed by atoms with Crippen molar-refractivity contribution in [2.24, 2.45) is 22.2 Å². The number of likely N-dealkylation sites (tertiary alicyclic amines) is 2. The maximum Gasteiger partial charge on any atom is 0.315 e. The second kappa shape index (κ2) is 15.6. The number of carbonyl (C=O) groups excluding carboxylic acids is 7. The largest absolute Gasteiger partial charge is 0.347 e. The first kappa shape index (κ1) is 40.7. The summed E-state index contributed by atoms with van der Waals surface area (Å²) in [5, 5.41) is 11.2. The standard InChI is InChI=1S/C37H60N6O7/c1-12-13-24(29(46)32(48)38-23-14-15-23)39-31(47)25-16-22(21(2)3)19-42(25)33(49)30(36(7,8)9)41-34(50)40-26(35(4,5)6)20-43-27(44)17-37(10,11)18-28(43)45/h22-26,30H,2,12-20H2,1,3-11H3,(H,38,48)(H,39,47)(H2,40,41,50)/t22-,24+,25+,26-,30-/m1/s1. The molecule has 0 aromatic carbocycles. The third kappa shape index (κ3) is 10.6. The van der Waals surface area contributed by atoms with Crippen molar-refractivity contribution >= 4 is 41.4 Å². The van der Waals surface area contributed by atoms with Crippen LogP contribution in [0.2, 0.25) is 0 Å². The average Bonchev–Trinajstić information content (AvgIpc) is 3.66. The predicted octanol–water partition coefficient (Wildman–Crippen LogP) is 3.22. The summed E-state index contributed by atoms with van der Waals surface area (Å²) in [6.45, 7) is 22.8. The van der Waals surface area contributed by atoms with E-state index in [1.165, 1.54) is 9.80 Å². The van der Waals surface area contributed by atoms with E-state index in [2.05, 4.69) is 27.8 Å². The second-order valence-corrected chi connectivity index (χ2v) is 17.5. The number of Topliss-reactive ketones (excluding diaryl/α,β-unsaturated/α-hetero) is 1. The maximum atomic E-state index is 14.4. The van der Waals surface area contributed by atoms with E-state index in [0.717, 1.165) is 18.4 Å². The highest BCUT2D eigenvalue weighted by atomic mass is 16.2. The molecular formula is C37H60N6O7. The number of nitrogens with zero attached hydrogens (tertiary/aromatic N) is 2. The van der Waals surface area contributed by atoms with Gasteiger partial charge in [0.2, 0.25) is 29.4 Å². The third-order valence-corrected chi connectivity index (χ3v) is 9.90. The Morgan fingerprint density at radius 3 is 1.98 bits per heavy atom. The highest BCUT2D eigenvalue weighted by Crippen LogP contribution is 2.34. The molecule has 5 atom stereocenters. The van der Waals surface area contributed by atoms with Crippen LogP contribution in [0, 0.1) is 22.2 Å². The molecule has 1 saturated carbocycles. The first-order valence-electron chi connectivity index (χ1n) is 18.0. The summed E-state index contributed by atoms with van der Waals surface area (Å²) in [6, 6.07) is -4.35. The molecule has 2 aliphatic heterocycles. The lowest BCUT2D eigenvalue weighted by molar-refractivity contribution is -0.153. The molecule has 2 saturated heterocycles. The van der Waals surface area contributed by atoms with Crippen LogP contribution in [0.1, 0.15) is 114 Å². The van der Waals surface area contributed by atoms with Gasteiger partial charge in [0.1, 0.15) is 12.1 Å². The van der Waals surface area contributed by atoms with Crippen molar-refractivity contribution in [2.45, 2.75) is 144 Å². The molecule has 280 valence electrons. The number of nitrogens with one attached hydrogen (secondary N) is 4. The Balaban J connectivity index is 1.81. The summed E-state index contributed by atoms with van der Waals surface area (Å²) >= 11 is 0. The zero-order chi connectivity index (χ0) is 37.9. The van der Waals surface area contributed by atoms with E-state index in [4.69, 9.17) is 0 Å². The number of rotatable bonds is 13. The zero-order valence-corrected chi connectivity index (χ0v) is 31.8. The lowest BCUT2D eigenvalue weighted by Crippen LogP contribution is -2.62. The fourth-order valence-corrected chi connectivity index (χ4v) is 6.43. The Hall–Kier alpha value is -3.77. The molecule has 0 aromatic heterocycles. The average molecular weight is 701 g/mol. The number of carbonyl (C=O) groups is 7. The van der Waals surface area contributed by atoms with Gasteiger partial charge in [0.05, 0.1) is 12.1 Å². The molecule has 3 fully saturated rings. The molecule has 1 aliphatic carbocycles. The van der Waals surface area contributed by atoms with E-state index < -0.39 is 69.9 Å². The summed E-state index contributed by atoms with van der Waals surface area (Å²) < 4.78 is 0. The summed E-state index contributed by atoms with van der Waals surface area (Å²) in [5.74, 6) is -3.23. The number of urea groups is 1. The van der Waals surface area contributed by atoms with Crippen molar-refractivity contribution in [1.29, 1.82) is 0 Å². The Kier molecular flexibility index (Phi) is 12.7. The lowest BCUT2D eigenvalue weighted by Gasteiger charge is -2.40. The predicted molar refractivity (Wildman–Crippen MR) is 189 cm³/mol. The van der Waals surface area contributed by atoms with Crippen LogP contribution in [0.5, 0.6) is 0 Å². The first-order chi connectivity index (χ1) is 22.9. The van der Waals surface area contributed by atoms with Crippen molar-refractivity contribution in [3.8, 4) is 0 Å². The Morgan fingerprint density at radius 1 is 0.920 bits per heavy atom. The molecule has 0 bridgehead atoms. The summed E-state index contributed by atoms with van der Waals surface area (Å²) in [5.41, 5.74) is -0.988. The van der Waals surface area contributed by atoms with Gasteiger partial charge in [-0.05, 0) is 54.8 Å². The van der Waals surface area contributed by atoms with Gasteiger partial charge in [-0.1, -0.05) is 80.9 Å². The van der Waals surface area contributed by atoms with Crippen molar-refractivity contribution in [2.75, 3.05) is 13.1 Å². The van der Waals surface area contributed by atoms with Gasteiger partial charge in [0, 0.05) is 32.0 Å². The van der Waals surface area contributed by atoms with Gasteiger partial charge < -0.3 is 26.2 Å². The topological polar surface area (TPSA) is 174 Å². The molecule has 50 heavy (non-hydrogen) atoms. The minimum Gasteiger partial charge on any atom is -0.347 e. The quantitative estimate of drug-likeness (QED) is 0.130. The second-order valence-electron chi connectivity index (χ2n) is 17.5. The van der Waals surface area contributed by atoms with E-state index in [-0.39, 0.29) is 62.5 Å². The molecule has 0 aromatic rings. The molecule has 2 heterocycles. The molecule has 13 heteroatoms. The zero-order valence-electron chi connectivity index (χ0n) is 31.8. The molecule has 7 amide bonds. The number of piperidine rings is 1. The smallest absolute Gasteiger partial charge is 0.315 e. The fourth-order valence-electron chi connectivity index (χ4n) is 6.43. The van der Waals surface area contributed by atoms with Crippen LogP contribution in [-0.4, -0.2) is 94.4 Å². The normalized spacial score (nSPS) is 22.7. The first-order valence-corrected chi connectivity index (χ1v) is 18.0. The lowest BCUT2D eigenvalue weighted by atomic mass is 9.80. The van der Waals surface area contributed by atoms with E-state index in [1.807, 2.05) is 48.5 Å². The van der Waals surface area contributed by atoms with Crippen LogP contribution in [0.3, 0.4) is 0 Å². The van der Waals surface area contributed by atoms with Gasteiger partial charge in [-0.2, -0.15) is 0 Å². The number of amides is 7. The van der Waals surface area contributed by atoms with Gasteiger partial charge in [0.25, 0.3) is 5.91 Å². The number of imide groups is 1. The monoisotopic (exact) mass is 700 g/mol. The summed E-state index contributed by atoms with van der Waals surface area (Å²) in [4.78, 5) is 96.0. The fraction of sp³-hybridized carbons (Fsp3) is 0.757. The Labute approximate surface area is 297 Å². The minimum absolute atomic E-state index is 0.0101. The van der Waals surface area contributed by atoms with Crippen LogP contribution >= 0.6 is 0 Å². The van der Waals surface area contributed by atoms with Crippen LogP contribution in [0.15, 0.2) is 12.2 Å². The number of ketones is 1. The minimum atomic E-state index is -1.07. The molecule has 3 aliphatic rings. The summed E-state index contributed by atoms with van der Waals surface area (Å²) in [6.07, 6.45) is 3.17. The van der Waals surface area contributed by atoms with Crippen LogP contribution in [-0.2, 0) is 28.8 Å². The van der Waals surface area contributed by atoms with Crippen molar-refractivity contribution in [1.82, 2.24) is 31.1 Å². The van der Waals surface area contributed by atoms with Crippen molar-refractivity contribution < 1.29 is 33.6 Å². The highest BCUT2D eigenvalue weighted by molar-refractivity contribution is 6.38. The van der Waals surface area contributed by atoms with E-state index in [9.17, 15) is 33.6 Å². The van der Waals surface area contributed by atoms with Crippen molar-refractivity contribution in [3.05, 3.63) is 12.2 Å². The maximum absolute atomic E-state index is 14.4. The molecule has 3 rings (SSSR count). The van der Waals surface area contributed by atoms with Gasteiger partial charge in [-0.3, -0.25) is 33.7 Å². The molecule has 0 unspecified atom stereocenters.